The topological polar surface area (TPSA) is 67.4 Å². The Balaban J connectivity index is 1.74. The highest BCUT2D eigenvalue weighted by Gasteiger charge is 2.30. The Morgan fingerprint density at radius 1 is 0.800 bits per heavy atom. The zero-order valence-electron chi connectivity index (χ0n) is 15.8. The number of halogens is 3. The second-order valence-corrected chi connectivity index (χ2v) is 6.37. The molecule has 0 bridgehead atoms. The smallest absolute Gasteiger partial charge is 0.416 e. The van der Waals surface area contributed by atoms with Gasteiger partial charge in [0.1, 0.15) is 11.5 Å². The largest absolute Gasteiger partial charge is 0.457 e. The summed E-state index contributed by atoms with van der Waals surface area (Å²) in [5.74, 6) is -0.457. The Hall–Kier alpha value is -3.81. The molecule has 0 radical (unpaired) electrons. The first kappa shape index (κ1) is 20.9. The highest BCUT2D eigenvalue weighted by molar-refractivity contribution is 6.04. The van der Waals surface area contributed by atoms with Crippen LogP contribution in [0.5, 0.6) is 11.5 Å². The lowest BCUT2D eigenvalue weighted by molar-refractivity contribution is -0.137. The minimum atomic E-state index is -4.48. The third-order valence-corrected chi connectivity index (χ3v) is 3.93. The monoisotopic (exact) mass is 414 g/mol. The third kappa shape index (κ3) is 5.60. The van der Waals surface area contributed by atoms with Gasteiger partial charge in [0.05, 0.1) is 5.56 Å². The molecule has 0 spiro atoms. The zero-order chi connectivity index (χ0) is 21.7. The molecule has 154 valence electrons. The predicted molar refractivity (Wildman–Crippen MR) is 107 cm³/mol. The summed E-state index contributed by atoms with van der Waals surface area (Å²) >= 11 is 0. The number of amides is 2. The van der Waals surface area contributed by atoms with Gasteiger partial charge in [0.15, 0.2) is 0 Å². The molecule has 0 aromatic heterocycles. The van der Waals surface area contributed by atoms with E-state index in [0.29, 0.717) is 11.4 Å². The second kappa shape index (κ2) is 8.69. The van der Waals surface area contributed by atoms with Crippen LogP contribution in [0.3, 0.4) is 0 Å². The molecule has 0 fully saturated rings. The fraction of sp³-hybridized carbons (Fsp3) is 0.0909. The Kier molecular flexibility index (Phi) is 6.06. The maximum atomic E-state index is 12.9. The fourth-order valence-corrected chi connectivity index (χ4v) is 2.65. The van der Waals surface area contributed by atoms with Crippen LogP contribution in [0.2, 0.25) is 0 Å². The third-order valence-electron chi connectivity index (χ3n) is 3.93. The van der Waals surface area contributed by atoms with Crippen molar-refractivity contribution in [1.29, 1.82) is 0 Å². The molecule has 0 heterocycles. The number of hydrogen-bond acceptors (Lipinski definition) is 3. The van der Waals surface area contributed by atoms with E-state index in [0.717, 1.165) is 12.1 Å². The van der Waals surface area contributed by atoms with Crippen molar-refractivity contribution in [2.24, 2.45) is 0 Å². The Morgan fingerprint density at radius 3 is 2.07 bits per heavy atom. The molecule has 0 aliphatic heterocycles. The van der Waals surface area contributed by atoms with Crippen LogP contribution < -0.4 is 15.4 Å². The van der Waals surface area contributed by atoms with Gasteiger partial charge >= 0.3 is 6.18 Å². The minimum absolute atomic E-state index is 0.00499. The average molecular weight is 414 g/mol. The summed E-state index contributed by atoms with van der Waals surface area (Å²) in [5, 5.41) is 5.32. The van der Waals surface area contributed by atoms with Crippen LogP contribution >= 0.6 is 0 Å². The zero-order valence-corrected chi connectivity index (χ0v) is 15.8. The molecular weight excluding hydrogens is 397 g/mol. The van der Waals surface area contributed by atoms with Crippen LogP contribution in [-0.2, 0) is 11.0 Å². The highest BCUT2D eigenvalue weighted by atomic mass is 19.4. The highest BCUT2D eigenvalue weighted by Crippen LogP contribution is 2.32. The standard InChI is InChI=1S/C22H17F3N2O3/c1-14(28)26-17-7-4-8-18(13-17)27-21(29)15-5-2-9-19(11-15)30-20-10-3-6-16(12-20)22(23,24)25/h2-13H,1H3,(H,26,28)(H,27,29). The molecular formula is C22H17F3N2O3. The fourth-order valence-electron chi connectivity index (χ4n) is 2.65. The lowest BCUT2D eigenvalue weighted by Crippen LogP contribution is -2.12. The van der Waals surface area contributed by atoms with Crippen LogP contribution in [0.4, 0.5) is 24.5 Å². The van der Waals surface area contributed by atoms with E-state index < -0.39 is 17.6 Å². The maximum absolute atomic E-state index is 12.9. The van der Waals surface area contributed by atoms with Crippen LogP contribution in [-0.4, -0.2) is 11.8 Å². The normalized spacial score (nSPS) is 10.9. The molecule has 0 saturated carbocycles. The number of hydrogen-bond donors (Lipinski definition) is 2. The number of carbonyl (C=O) groups is 2. The summed E-state index contributed by atoms with van der Waals surface area (Å²) in [4.78, 5) is 23.7. The molecule has 0 atom stereocenters. The number of anilines is 2. The number of ether oxygens (including phenoxy) is 1. The van der Waals surface area contributed by atoms with Crippen molar-refractivity contribution in [3.05, 3.63) is 83.9 Å². The van der Waals surface area contributed by atoms with Gasteiger partial charge in [-0.1, -0.05) is 18.2 Å². The number of rotatable bonds is 5. The Labute approximate surface area is 170 Å². The molecule has 30 heavy (non-hydrogen) atoms. The predicted octanol–water partition coefficient (Wildman–Crippen LogP) is 5.71. The van der Waals surface area contributed by atoms with Crippen molar-refractivity contribution in [3.8, 4) is 11.5 Å². The van der Waals surface area contributed by atoms with E-state index in [9.17, 15) is 22.8 Å². The Bertz CT molecular complexity index is 1080. The summed E-state index contributed by atoms with van der Waals surface area (Å²) in [6, 6.07) is 17.2. The first-order chi connectivity index (χ1) is 14.2. The van der Waals surface area contributed by atoms with Gasteiger partial charge in [0, 0.05) is 23.9 Å². The lowest BCUT2D eigenvalue weighted by Gasteiger charge is -2.11. The van der Waals surface area contributed by atoms with E-state index in [1.807, 2.05) is 0 Å². The number of carbonyl (C=O) groups excluding carboxylic acids is 2. The van der Waals surface area contributed by atoms with Crippen LogP contribution in [0.25, 0.3) is 0 Å². The second-order valence-electron chi connectivity index (χ2n) is 6.37. The van der Waals surface area contributed by atoms with Gasteiger partial charge in [-0.15, -0.1) is 0 Å². The molecule has 3 aromatic rings. The van der Waals surface area contributed by atoms with Crippen LogP contribution in [0.15, 0.2) is 72.8 Å². The SMILES string of the molecule is CC(=O)Nc1cccc(NC(=O)c2cccc(Oc3cccc(C(F)(F)F)c3)c2)c1. The van der Waals surface area contributed by atoms with Crippen molar-refractivity contribution in [3.63, 3.8) is 0 Å². The number of alkyl halides is 3. The molecule has 2 N–H and O–H groups in total. The van der Waals surface area contributed by atoms with E-state index in [1.165, 1.54) is 31.2 Å². The van der Waals surface area contributed by atoms with Crippen molar-refractivity contribution in [2.45, 2.75) is 13.1 Å². The molecule has 8 heteroatoms. The van der Waals surface area contributed by atoms with E-state index >= 15 is 0 Å². The van der Waals surface area contributed by atoms with Gasteiger partial charge < -0.3 is 15.4 Å². The first-order valence-corrected chi connectivity index (χ1v) is 8.85. The van der Waals surface area contributed by atoms with Gasteiger partial charge in [-0.25, -0.2) is 0 Å². The van der Waals surface area contributed by atoms with Gasteiger partial charge in [0.2, 0.25) is 5.91 Å². The quantitative estimate of drug-likeness (QED) is 0.562. The molecule has 0 aliphatic carbocycles. The van der Waals surface area contributed by atoms with Crippen LogP contribution in [0, 0.1) is 0 Å². The summed E-state index contributed by atoms with van der Waals surface area (Å²) in [6.07, 6.45) is -4.48. The molecule has 5 nitrogen and oxygen atoms in total. The molecule has 2 amide bonds. The summed E-state index contributed by atoms with van der Waals surface area (Å²) in [5.41, 5.74) is 0.426. The first-order valence-electron chi connectivity index (χ1n) is 8.85. The summed E-state index contributed by atoms with van der Waals surface area (Å²) in [6.45, 7) is 1.38. The van der Waals surface area contributed by atoms with Gasteiger partial charge in [-0.2, -0.15) is 13.2 Å². The summed E-state index contributed by atoms with van der Waals surface area (Å²) in [7, 11) is 0. The lowest BCUT2D eigenvalue weighted by atomic mass is 10.2. The van der Waals surface area contributed by atoms with Crippen molar-refractivity contribution in [2.75, 3.05) is 10.6 Å². The molecule has 0 aliphatic rings. The number of benzene rings is 3. The van der Waals surface area contributed by atoms with E-state index in [2.05, 4.69) is 10.6 Å². The number of nitrogens with one attached hydrogen (secondary N) is 2. The maximum Gasteiger partial charge on any atom is 0.416 e. The van der Waals surface area contributed by atoms with Crippen LogP contribution in [0.1, 0.15) is 22.8 Å². The van der Waals surface area contributed by atoms with Crippen molar-refractivity contribution in [1.82, 2.24) is 0 Å². The van der Waals surface area contributed by atoms with Crippen molar-refractivity contribution >= 4 is 23.2 Å². The molecule has 3 rings (SSSR count). The van der Waals surface area contributed by atoms with E-state index in [4.69, 9.17) is 4.74 Å². The van der Waals surface area contributed by atoms with E-state index in [-0.39, 0.29) is 23.0 Å². The molecule has 3 aromatic carbocycles. The van der Waals surface area contributed by atoms with Gasteiger partial charge in [-0.05, 0) is 54.6 Å². The minimum Gasteiger partial charge on any atom is -0.457 e. The molecule has 0 saturated heterocycles. The average Bonchev–Trinajstić information content (AvgIpc) is 2.67. The molecule has 0 unspecified atom stereocenters. The van der Waals surface area contributed by atoms with E-state index in [1.54, 1.807) is 36.4 Å². The summed E-state index contributed by atoms with van der Waals surface area (Å²) < 4.78 is 44.0. The van der Waals surface area contributed by atoms with Crippen molar-refractivity contribution < 1.29 is 27.5 Å². The Morgan fingerprint density at radius 2 is 1.40 bits per heavy atom. The van der Waals surface area contributed by atoms with Gasteiger partial charge in [-0.3, -0.25) is 9.59 Å². The van der Waals surface area contributed by atoms with Gasteiger partial charge in [0.25, 0.3) is 5.91 Å².